The molecule has 1 aromatic carbocycles. The molecule has 6 heteroatoms. The molecular formula is C17H24ClFN2O2. The van der Waals surface area contributed by atoms with Gasteiger partial charge in [0.15, 0.2) is 0 Å². The number of ether oxygens (including phenoxy) is 1. The van der Waals surface area contributed by atoms with E-state index in [-0.39, 0.29) is 23.9 Å². The predicted octanol–water partition coefficient (Wildman–Crippen LogP) is 3.16. The number of halogens is 2. The van der Waals surface area contributed by atoms with Crippen LogP contribution in [0, 0.1) is 5.82 Å². The second-order valence-corrected chi connectivity index (χ2v) is 6.29. The Hall–Kier alpha value is -1.17. The Labute approximate surface area is 141 Å². The number of nitrogens with one attached hydrogen (secondary N) is 1. The Morgan fingerprint density at radius 3 is 3.00 bits per heavy atom. The third-order valence-corrected chi connectivity index (χ3v) is 4.35. The first kappa shape index (κ1) is 18.2. The van der Waals surface area contributed by atoms with Crippen molar-refractivity contribution in [2.45, 2.75) is 38.8 Å². The van der Waals surface area contributed by atoms with E-state index in [1.165, 1.54) is 6.07 Å². The van der Waals surface area contributed by atoms with Crippen molar-refractivity contribution in [1.82, 2.24) is 10.2 Å². The lowest BCUT2D eigenvalue weighted by molar-refractivity contribution is -0.121. The molecule has 1 aromatic rings. The zero-order valence-corrected chi connectivity index (χ0v) is 14.4. The van der Waals surface area contributed by atoms with Gasteiger partial charge in [0.25, 0.3) is 0 Å². The Morgan fingerprint density at radius 1 is 1.57 bits per heavy atom. The van der Waals surface area contributed by atoms with Gasteiger partial charge in [0, 0.05) is 36.6 Å². The topological polar surface area (TPSA) is 41.6 Å². The fourth-order valence-electron chi connectivity index (χ4n) is 2.90. The van der Waals surface area contributed by atoms with Crippen molar-refractivity contribution in [1.29, 1.82) is 0 Å². The van der Waals surface area contributed by atoms with Crippen LogP contribution in [0.25, 0.3) is 0 Å². The molecule has 1 heterocycles. The van der Waals surface area contributed by atoms with E-state index in [2.05, 4.69) is 10.2 Å². The zero-order valence-electron chi connectivity index (χ0n) is 13.6. The Kier molecular flexibility index (Phi) is 6.81. The second-order valence-electron chi connectivity index (χ2n) is 5.88. The van der Waals surface area contributed by atoms with Gasteiger partial charge >= 0.3 is 0 Å². The van der Waals surface area contributed by atoms with Crippen LogP contribution in [0.1, 0.15) is 38.3 Å². The van der Waals surface area contributed by atoms with E-state index in [0.717, 1.165) is 6.42 Å². The summed E-state index contributed by atoms with van der Waals surface area (Å²) in [6.07, 6.45) is 1.33. The lowest BCUT2D eigenvalue weighted by Crippen LogP contribution is -2.46. The molecule has 0 radical (unpaired) electrons. The van der Waals surface area contributed by atoms with Gasteiger partial charge in [0.05, 0.1) is 18.8 Å². The van der Waals surface area contributed by atoms with Gasteiger partial charge in [-0.1, -0.05) is 24.6 Å². The molecule has 0 aliphatic carbocycles. The van der Waals surface area contributed by atoms with Gasteiger partial charge in [-0.2, -0.15) is 0 Å². The zero-order chi connectivity index (χ0) is 16.8. The second kappa shape index (κ2) is 8.62. The van der Waals surface area contributed by atoms with Gasteiger partial charge in [-0.15, -0.1) is 0 Å². The predicted molar refractivity (Wildman–Crippen MR) is 89.1 cm³/mol. The highest BCUT2D eigenvalue weighted by Crippen LogP contribution is 2.31. The first-order valence-corrected chi connectivity index (χ1v) is 8.47. The van der Waals surface area contributed by atoms with E-state index in [9.17, 15) is 9.18 Å². The first-order valence-electron chi connectivity index (χ1n) is 8.09. The van der Waals surface area contributed by atoms with E-state index < -0.39 is 0 Å². The van der Waals surface area contributed by atoms with Gasteiger partial charge in [-0.25, -0.2) is 4.39 Å². The number of morpholine rings is 1. The molecule has 1 saturated heterocycles. The molecule has 2 unspecified atom stereocenters. The molecule has 1 fully saturated rings. The van der Waals surface area contributed by atoms with Gasteiger partial charge in [0.1, 0.15) is 5.82 Å². The molecular weight excluding hydrogens is 319 g/mol. The smallest absolute Gasteiger partial charge is 0.220 e. The summed E-state index contributed by atoms with van der Waals surface area (Å²) in [5.41, 5.74) is 0.445. The summed E-state index contributed by atoms with van der Waals surface area (Å²) in [7, 11) is 0. The van der Waals surface area contributed by atoms with Crippen LogP contribution in [0.15, 0.2) is 18.2 Å². The molecule has 1 N–H and O–H groups in total. The quantitative estimate of drug-likeness (QED) is 0.863. The van der Waals surface area contributed by atoms with Gasteiger partial charge in [0.2, 0.25) is 5.91 Å². The van der Waals surface area contributed by atoms with Crippen molar-refractivity contribution < 1.29 is 13.9 Å². The first-order chi connectivity index (χ1) is 11.0. The summed E-state index contributed by atoms with van der Waals surface area (Å²) >= 11 is 6.25. The molecule has 2 atom stereocenters. The SMILES string of the molecule is CCCC(=O)NCC(c1c(F)cccc1Cl)N1CCOC(C)C1. The molecule has 0 spiro atoms. The number of carbonyl (C=O) groups is 1. The van der Waals surface area contributed by atoms with E-state index in [4.69, 9.17) is 16.3 Å². The lowest BCUT2D eigenvalue weighted by Gasteiger charge is -2.38. The van der Waals surface area contributed by atoms with Crippen LogP contribution < -0.4 is 5.32 Å². The number of hydrogen-bond donors (Lipinski definition) is 1. The van der Waals surface area contributed by atoms with Crippen LogP contribution in [-0.4, -0.2) is 43.2 Å². The molecule has 1 amide bonds. The van der Waals surface area contributed by atoms with Crippen LogP contribution in [0.5, 0.6) is 0 Å². The standard InChI is InChI=1S/C17H24ClFN2O2/c1-3-5-16(22)20-10-15(21-8-9-23-12(2)11-21)17-13(18)6-4-7-14(17)19/h4,6-7,12,15H,3,5,8-11H2,1-2H3,(H,20,22). The van der Waals surface area contributed by atoms with E-state index in [1.807, 2.05) is 13.8 Å². The summed E-state index contributed by atoms with van der Waals surface area (Å²) in [6, 6.07) is 4.39. The molecule has 1 aliphatic heterocycles. The highest BCUT2D eigenvalue weighted by molar-refractivity contribution is 6.31. The molecule has 0 saturated carbocycles. The molecule has 128 valence electrons. The molecule has 0 bridgehead atoms. The highest BCUT2D eigenvalue weighted by Gasteiger charge is 2.29. The van der Waals surface area contributed by atoms with E-state index in [1.54, 1.807) is 12.1 Å². The van der Waals surface area contributed by atoms with Gasteiger partial charge in [-0.05, 0) is 25.5 Å². The van der Waals surface area contributed by atoms with Crippen molar-refractivity contribution >= 4 is 17.5 Å². The molecule has 1 aliphatic rings. The average molecular weight is 343 g/mol. The van der Waals surface area contributed by atoms with Crippen molar-refractivity contribution in [3.63, 3.8) is 0 Å². The largest absolute Gasteiger partial charge is 0.376 e. The molecule has 2 rings (SSSR count). The maximum absolute atomic E-state index is 14.4. The monoisotopic (exact) mass is 342 g/mol. The van der Waals surface area contributed by atoms with Gasteiger partial charge < -0.3 is 10.1 Å². The van der Waals surface area contributed by atoms with Crippen LogP contribution in [0.4, 0.5) is 4.39 Å². The number of amides is 1. The minimum atomic E-state index is -0.341. The van der Waals surface area contributed by atoms with Crippen molar-refractivity contribution in [3.8, 4) is 0 Å². The van der Waals surface area contributed by atoms with Crippen LogP contribution in [-0.2, 0) is 9.53 Å². The van der Waals surface area contributed by atoms with Crippen molar-refractivity contribution in [3.05, 3.63) is 34.6 Å². The average Bonchev–Trinajstić information content (AvgIpc) is 2.50. The fourth-order valence-corrected chi connectivity index (χ4v) is 3.19. The van der Waals surface area contributed by atoms with Crippen molar-refractivity contribution in [2.24, 2.45) is 0 Å². The Bertz CT molecular complexity index is 521. The Morgan fingerprint density at radius 2 is 2.35 bits per heavy atom. The summed E-state index contributed by atoms with van der Waals surface area (Å²) in [4.78, 5) is 13.9. The number of benzene rings is 1. The van der Waals surface area contributed by atoms with Crippen LogP contribution >= 0.6 is 11.6 Å². The Balaban J connectivity index is 2.22. The van der Waals surface area contributed by atoms with Gasteiger partial charge in [-0.3, -0.25) is 9.69 Å². The third-order valence-electron chi connectivity index (χ3n) is 4.02. The number of hydrogen-bond acceptors (Lipinski definition) is 3. The highest BCUT2D eigenvalue weighted by atomic mass is 35.5. The summed E-state index contributed by atoms with van der Waals surface area (Å²) < 4.78 is 19.9. The maximum atomic E-state index is 14.4. The van der Waals surface area contributed by atoms with Crippen LogP contribution in [0.3, 0.4) is 0 Å². The lowest BCUT2D eigenvalue weighted by atomic mass is 10.0. The van der Waals surface area contributed by atoms with Crippen LogP contribution in [0.2, 0.25) is 5.02 Å². The van der Waals surface area contributed by atoms with E-state index in [0.29, 0.717) is 43.2 Å². The van der Waals surface area contributed by atoms with Crippen molar-refractivity contribution in [2.75, 3.05) is 26.2 Å². The summed E-state index contributed by atoms with van der Waals surface area (Å²) in [5, 5.41) is 3.29. The minimum absolute atomic E-state index is 0.0220. The molecule has 0 aromatic heterocycles. The number of carbonyl (C=O) groups excluding carboxylic acids is 1. The minimum Gasteiger partial charge on any atom is -0.376 e. The normalized spacial score (nSPS) is 20.3. The molecule has 23 heavy (non-hydrogen) atoms. The number of rotatable bonds is 6. The molecule has 4 nitrogen and oxygen atoms in total. The van der Waals surface area contributed by atoms with E-state index >= 15 is 0 Å². The fraction of sp³-hybridized carbons (Fsp3) is 0.588. The summed E-state index contributed by atoms with van der Waals surface area (Å²) in [6.45, 7) is 6.23. The summed E-state index contributed by atoms with van der Waals surface area (Å²) in [5.74, 6) is -0.363. The third kappa shape index (κ3) is 4.90. The maximum Gasteiger partial charge on any atom is 0.220 e. The number of nitrogens with zero attached hydrogens (tertiary/aromatic N) is 1.